The number of halogens is 2. The molecule has 0 spiro atoms. The Labute approximate surface area is 248 Å². The molecule has 3 aromatic rings. The summed E-state index contributed by atoms with van der Waals surface area (Å²) < 4.78 is 12.7. The van der Waals surface area contributed by atoms with Crippen molar-refractivity contribution in [2.24, 2.45) is 5.41 Å². The Hall–Kier alpha value is -3.33. The van der Waals surface area contributed by atoms with E-state index in [-0.39, 0.29) is 24.5 Å². The summed E-state index contributed by atoms with van der Waals surface area (Å²) in [5, 5.41) is 9.46. The molecule has 1 unspecified atom stereocenters. The summed E-state index contributed by atoms with van der Waals surface area (Å²) in [4.78, 5) is 25.5. The summed E-state index contributed by atoms with van der Waals surface area (Å²) in [6.45, 7) is 11.2. The molecule has 0 saturated carbocycles. The van der Waals surface area contributed by atoms with E-state index in [1.807, 2.05) is 57.2 Å². The van der Waals surface area contributed by atoms with Crippen LogP contribution in [-0.4, -0.2) is 31.1 Å². The monoisotopic (exact) mass is 625 g/mol. The van der Waals surface area contributed by atoms with E-state index < -0.39 is 5.41 Å². The average molecular weight is 627 g/mol. The van der Waals surface area contributed by atoms with E-state index in [1.165, 1.54) is 0 Å². The molecule has 1 fully saturated rings. The number of carbonyl (C=O) groups is 2. The van der Waals surface area contributed by atoms with Crippen molar-refractivity contribution in [1.29, 1.82) is 0 Å². The van der Waals surface area contributed by atoms with Crippen molar-refractivity contribution < 1.29 is 19.1 Å². The van der Waals surface area contributed by atoms with Crippen molar-refractivity contribution in [2.45, 2.75) is 39.8 Å². The highest BCUT2D eigenvalue weighted by atomic mass is 79.9. The molecule has 210 valence electrons. The van der Waals surface area contributed by atoms with Gasteiger partial charge in [-0.15, -0.1) is 0 Å². The Kier molecular flexibility index (Phi) is 9.56. The average Bonchev–Trinajstić information content (AvgIpc) is 3.42. The van der Waals surface area contributed by atoms with E-state index in [0.717, 1.165) is 22.1 Å². The lowest BCUT2D eigenvalue weighted by Crippen LogP contribution is -2.34. The van der Waals surface area contributed by atoms with Crippen LogP contribution in [0.25, 0.3) is 5.70 Å². The van der Waals surface area contributed by atoms with Gasteiger partial charge in [0.25, 0.3) is 5.91 Å². The molecular weight excluding hydrogens is 594 g/mol. The number of rotatable bonds is 9. The van der Waals surface area contributed by atoms with Crippen LogP contribution in [0.3, 0.4) is 0 Å². The van der Waals surface area contributed by atoms with Crippen LogP contribution < -0.4 is 20.7 Å². The Balaban J connectivity index is 1.54. The molecule has 4 rings (SSSR count). The van der Waals surface area contributed by atoms with Gasteiger partial charge in [-0.25, -0.2) is 0 Å². The van der Waals surface area contributed by atoms with E-state index in [0.29, 0.717) is 46.5 Å². The number of benzene rings is 3. The van der Waals surface area contributed by atoms with Crippen LogP contribution in [0.4, 0.5) is 11.4 Å². The maximum Gasteiger partial charge on any atom is 0.257 e. The molecule has 7 nitrogen and oxygen atoms in total. The molecular formula is C31H33BrClN3O4. The molecule has 1 atom stereocenters. The Morgan fingerprint density at radius 1 is 1.02 bits per heavy atom. The predicted molar refractivity (Wildman–Crippen MR) is 164 cm³/mol. The molecule has 9 heteroatoms. The number of nitrogens with one attached hydrogen (secondary N) is 3. The zero-order valence-electron chi connectivity index (χ0n) is 22.8. The molecule has 0 bridgehead atoms. The van der Waals surface area contributed by atoms with Gasteiger partial charge in [-0.05, 0) is 60.2 Å². The molecule has 1 aliphatic rings. The maximum absolute atomic E-state index is 13.3. The fourth-order valence-corrected chi connectivity index (χ4v) is 4.48. The van der Waals surface area contributed by atoms with Gasteiger partial charge in [0, 0.05) is 45.5 Å². The minimum Gasteiger partial charge on any atom is -0.487 e. The summed E-state index contributed by atoms with van der Waals surface area (Å²) in [7, 11) is 0. The molecule has 3 N–H and O–H groups in total. The fraction of sp³-hybridized carbons (Fsp3) is 0.290. The van der Waals surface area contributed by atoms with Crippen LogP contribution in [0.1, 0.15) is 48.7 Å². The van der Waals surface area contributed by atoms with E-state index in [2.05, 4.69) is 38.5 Å². The van der Waals surface area contributed by atoms with Gasteiger partial charge in [0.15, 0.2) is 0 Å². The minimum absolute atomic E-state index is 0.0556. The van der Waals surface area contributed by atoms with Gasteiger partial charge in [-0.2, -0.15) is 0 Å². The van der Waals surface area contributed by atoms with Crippen molar-refractivity contribution in [2.75, 3.05) is 23.8 Å². The summed E-state index contributed by atoms with van der Waals surface area (Å²) in [5.41, 5.74) is 3.29. The quantitative estimate of drug-likeness (QED) is 0.233. The number of carbonyl (C=O) groups excluding carboxylic acids is 2. The first-order valence-electron chi connectivity index (χ1n) is 13.0. The van der Waals surface area contributed by atoms with E-state index >= 15 is 0 Å². The highest BCUT2D eigenvalue weighted by Crippen LogP contribution is 2.32. The summed E-state index contributed by atoms with van der Waals surface area (Å²) in [6, 6.07) is 18.3. The second-order valence-corrected chi connectivity index (χ2v) is 11.9. The number of hydrogen-bond donors (Lipinski definition) is 3. The second kappa shape index (κ2) is 12.9. The standard InChI is InChI=1S/C31H33BrClN3O4/c1-19(35-22-8-6-21(32)7-9-22)25-16-23(10-12-28(25)40-24-13-14-39-18-24)36-29(37)26-15-20(5-11-27(26)33)17-34-30(38)31(2,3)4/h5-12,15-16,24,35H,1,13-14,17-18H2,2-4H3,(H,34,38)(H,36,37). The Morgan fingerprint density at radius 2 is 1.75 bits per heavy atom. The number of anilines is 2. The molecule has 0 aliphatic carbocycles. The molecule has 1 saturated heterocycles. The zero-order chi connectivity index (χ0) is 28.9. The first kappa shape index (κ1) is 29.6. The first-order valence-corrected chi connectivity index (χ1v) is 14.1. The highest BCUT2D eigenvalue weighted by Gasteiger charge is 2.22. The van der Waals surface area contributed by atoms with Crippen molar-refractivity contribution >= 4 is 56.4 Å². The summed E-state index contributed by atoms with van der Waals surface area (Å²) in [6.07, 6.45) is 0.746. The molecule has 2 amide bonds. The fourth-order valence-electron chi connectivity index (χ4n) is 4.01. The van der Waals surface area contributed by atoms with Gasteiger partial charge in [0.1, 0.15) is 11.9 Å². The Bertz CT molecular complexity index is 1400. The molecule has 3 aromatic carbocycles. The van der Waals surface area contributed by atoms with Crippen LogP contribution in [-0.2, 0) is 16.1 Å². The van der Waals surface area contributed by atoms with Crippen LogP contribution in [0.15, 0.2) is 71.7 Å². The lowest BCUT2D eigenvalue weighted by molar-refractivity contribution is -0.128. The smallest absolute Gasteiger partial charge is 0.257 e. The summed E-state index contributed by atoms with van der Waals surface area (Å²) >= 11 is 9.84. The highest BCUT2D eigenvalue weighted by molar-refractivity contribution is 9.10. The van der Waals surface area contributed by atoms with Gasteiger partial charge in [0.2, 0.25) is 5.91 Å². The van der Waals surface area contributed by atoms with Crippen LogP contribution in [0.2, 0.25) is 5.02 Å². The van der Waals surface area contributed by atoms with Crippen molar-refractivity contribution in [1.82, 2.24) is 5.32 Å². The largest absolute Gasteiger partial charge is 0.487 e. The second-order valence-electron chi connectivity index (χ2n) is 10.6. The molecule has 40 heavy (non-hydrogen) atoms. The SMILES string of the molecule is C=C(Nc1ccc(Br)cc1)c1cc(NC(=O)c2cc(CNC(=O)C(C)(C)C)ccc2Cl)ccc1OC1CCOC1. The minimum atomic E-state index is -0.513. The van der Waals surface area contributed by atoms with E-state index in [1.54, 1.807) is 24.3 Å². The molecule has 0 radical (unpaired) electrons. The maximum atomic E-state index is 13.3. The van der Waals surface area contributed by atoms with Gasteiger partial charge < -0.3 is 25.4 Å². The van der Waals surface area contributed by atoms with Crippen LogP contribution >= 0.6 is 27.5 Å². The molecule has 0 aromatic heterocycles. The van der Waals surface area contributed by atoms with E-state index in [4.69, 9.17) is 21.1 Å². The van der Waals surface area contributed by atoms with Crippen molar-refractivity contribution in [3.8, 4) is 5.75 Å². The van der Waals surface area contributed by atoms with Gasteiger partial charge in [0.05, 0.1) is 23.8 Å². The third kappa shape index (κ3) is 7.87. The van der Waals surface area contributed by atoms with Gasteiger partial charge >= 0.3 is 0 Å². The van der Waals surface area contributed by atoms with Gasteiger partial charge in [-0.1, -0.05) is 60.9 Å². The molecule has 1 aliphatic heterocycles. The number of ether oxygens (including phenoxy) is 2. The van der Waals surface area contributed by atoms with E-state index in [9.17, 15) is 9.59 Å². The van der Waals surface area contributed by atoms with Crippen LogP contribution in [0.5, 0.6) is 5.75 Å². The lowest BCUT2D eigenvalue weighted by atomic mass is 9.95. The number of amides is 2. The molecule has 1 heterocycles. The normalized spacial score (nSPS) is 14.9. The zero-order valence-corrected chi connectivity index (χ0v) is 25.1. The predicted octanol–water partition coefficient (Wildman–Crippen LogP) is 7.27. The lowest BCUT2D eigenvalue weighted by Gasteiger charge is -2.19. The summed E-state index contributed by atoms with van der Waals surface area (Å²) in [5.74, 6) is 0.187. The van der Waals surface area contributed by atoms with Crippen molar-refractivity contribution in [3.05, 3.63) is 93.4 Å². The number of hydrogen-bond acceptors (Lipinski definition) is 5. The van der Waals surface area contributed by atoms with Crippen LogP contribution in [0, 0.1) is 5.41 Å². The first-order chi connectivity index (χ1) is 19.0. The topological polar surface area (TPSA) is 88.7 Å². The third-order valence-electron chi connectivity index (χ3n) is 6.29. The van der Waals surface area contributed by atoms with Crippen molar-refractivity contribution in [3.63, 3.8) is 0 Å². The Morgan fingerprint density at radius 3 is 2.42 bits per heavy atom. The third-order valence-corrected chi connectivity index (χ3v) is 7.15. The van der Waals surface area contributed by atoms with Gasteiger partial charge in [-0.3, -0.25) is 9.59 Å².